The third-order valence-corrected chi connectivity index (χ3v) is 3.45. The van der Waals surface area contributed by atoms with Crippen LogP contribution in [0.5, 0.6) is 0 Å². The van der Waals surface area contributed by atoms with Gasteiger partial charge in [-0.3, -0.25) is 5.32 Å². The van der Waals surface area contributed by atoms with Gasteiger partial charge in [-0.25, -0.2) is 4.79 Å². The fourth-order valence-corrected chi connectivity index (χ4v) is 2.13. The molecule has 2 amide bonds. The zero-order valence-electron chi connectivity index (χ0n) is 12.3. The van der Waals surface area contributed by atoms with Gasteiger partial charge in [0.05, 0.1) is 0 Å². The first kappa shape index (κ1) is 15.1. The molecular formula is C17H14ClN3O2. The summed E-state index contributed by atoms with van der Waals surface area (Å²) in [6.45, 7) is 1.98. The van der Waals surface area contributed by atoms with Crippen LogP contribution in [0.2, 0.25) is 5.02 Å². The SMILES string of the molecule is Cc1ccc(NC(=O)Nc2cc(-c3ccc(Cl)cc3)no2)cc1. The first-order chi connectivity index (χ1) is 11.1. The van der Waals surface area contributed by atoms with Crippen molar-refractivity contribution in [2.45, 2.75) is 6.92 Å². The Morgan fingerprint density at radius 2 is 1.74 bits per heavy atom. The van der Waals surface area contributed by atoms with Gasteiger partial charge in [-0.1, -0.05) is 46.6 Å². The molecule has 5 nitrogen and oxygen atoms in total. The van der Waals surface area contributed by atoms with Crippen LogP contribution < -0.4 is 10.6 Å². The molecule has 1 heterocycles. The van der Waals surface area contributed by atoms with E-state index in [1.54, 1.807) is 18.2 Å². The van der Waals surface area contributed by atoms with Crippen LogP contribution in [0, 0.1) is 6.92 Å². The molecule has 0 radical (unpaired) electrons. The number of aromatic nitrogens is 1. The minimum absolute atomic E-state index is 0.263. The molecule has 3 rings (SSSR count). The minimum atomic E-state index is -0.396. The molecule has 116 valence electrons. The van der Waals surface area contributed by atoms with Crippen molar-refractivity contribution in [1.82, 2.24) is 5.16 Å². The Bertz CT molecular complexity index is 811. The van der Waals surface area contributed by atoms with Crippen molar-refractivity contribution in [3.63, 3.8) is 0 Å². The highest BCUT2D eigenvalue weighted by molar-refractivity contribution is 6.30. The van der Waals surface area contributed by atoms with E-state index in [9.17, 15) is 4.79 Å². The summed E-state index contributed by atoms with van der Waals surface area (Å²) in [5, 5.41) is 9.89. The lowest BCUT2D eigenvalue weighted by Gasteiger charge is -2.04. The van der Waals surface area contributed by atoms with Gasteiger partial charge in [0.1, 0.15) is 5.69 Å². The third kappa shape index (κ3) is 3.90. The summed E-state index contributed by atoms with van der Waals surface area (Å²) < 4.78 is 5.12. The number of urea groups is 1. The molecular weight excluding hydrogens is 314 g/mol. The van der Waals surface area contributed by atoms with Crippen LogP contribution in [0.15, 0.2) is 59.1 Å². The largest absolute Gasteiger partial charge is 0.338 e. The van der Waals surface area contributed by atoms with Gasteiger partial charge in [-0.05, 0) is 31.2 Å². The number of aryl methyl sites for hydroxylation is 1. The van der Waals surface area contributed by atoms with Gasteiger partial charge < -0.3 is 9.84 Å². The van der Waals surface area contributed by atoms with Crippen molar-refractivity contribution < 1.29 is 9.32 Å². The number of hydrogen-bond acceptors (Lipinski definition) is 3. The van der Waals surface area contributed by atoms with E-state index in [4.69, 9.17) is 16.1 Å². The van der Waals surface area contributed by atoms with E-state index in [1.165, 1.54) is 0 Å². The fraction of sp³-hybridized carbons (Fsp3) is 0.0588. The first-order valence-electron chi connectivity index (χ1n) is 6.97. The summed E-state index contributed by atoms with van der Waals surface area (Å²) in [7, 11) is 0. The lowest BCUT2D eigenvalue weighted by atomic mass is 10.1. The molecule has 0 fully saturated rings. The lowest BCUT2D eigenvalue weighted by molar-refractivity contribution is 0.261. The highest BCUT2D eigenvalue weighted by atomic mass is 35.5. The average molecular weight is 328 g/mol. The molecule has 6 heteroatoms. The predicted molar refractivity (Wildman–Crippen MR) is 90.8 cm³/mol. The summed E-state index contributed by atoms with van der Waals surface area (Å²) in [6, 6.07) is 15.9. The van der Waals surface area contributed by atoms with E-state index < -0.39 is 6.03 Å². The van der Waals surface area contributed by atoms with Crippen molar-refractivity contribution in [3.8, 4) is 11.3 Å². The summed E-state index contributed by atoms with van der Waals surface area (Å²) in [5.74, 6) is 0.263. The molecule has 2 aromatic carbocycles. The maximum absolute atomic E-state index is 11.9. The maximum Gasteiger partial charge on any atom is 0.326 e. The fourth-order valence-electron chi connectivity index (χ4n) is 2.00. The van der Waals surface area contributed by atoms with Gasteiger partial charge in [0.25, 0.3) is 0 Å². The van der Waals surface area contributed by atoms with Crippen LogP contribution in [-0.2, 0) is 0 Å². The standard InChI is InChI=1S/C17H14ClN3O2/c1-11-2-8-14(9-3-11)19-17(22)20-16-10-15(21-23-16)12-4-6-13(18)7-5-12/h2-10H,1H3,(H2,19,20,22). The molecule has 0 saturated heterocycles. The summed E-state index contributed by atoms with van der Waals surface area (Å²) in [5.41, 5.74) is 3.29. The van der Waals surface area contributed by atoms with Gasteiger partial charge in [-0.2, -0.15) is 0 Å². The lowest BCUT2D eigenvalue weighted by Crippen LogP contribution is -2.18. The zero-order valence-corrected chi connectivity index (χ0v) is 13.1. The normalized spacial score (nSPS) is 10.3. The number of carbonyl (C=O) groups excluding carboxylic acids is 1. The summed E-state index contributed by atoms with van der Waals surface area (Å²) >= 11 is 5.85. The van der Waals surface area contributed by atoms with Gasteiger partial charge >= 0.3 is 6.03 Å². The topological polar surface area (TPSA) is 67.2 Å². The van der Waals surface area contributed by atoms with E-state index >= 15 is 0 Å². The molecule has 0 aliphatic heterocycles. The summed E-state index contributed by atoms with van der Waals surface area (Å²) in [4.78, 5) is 11.9. The first-order valence-corrected chi connectivity index (χ1v) is 7.35. The van der Waals surface area contributed by atoms with Crippen molar-refractivity contribution >= 4 is 29.2 Å². The molecule has 0 unspecified atom stereocenters. The molecule has 0 spiro atoms. The maximum atomic E-state index is 11.9. The van der Waals surface area contributed by atoms with Crippen LogP contribution in [-0.4, -0.2) is 11.2 Å². The molecule has 23 heavy (non-hydrogen) atoms. The Morgan fingerprint density at radius 1 is 1.04 bits per heavy atom. The van der Waals surface area contributed by atoms with Gasteiger partial charge in [0.2, 0.25) is 5.88 Å². The highest BCUT2D eigenvalue weighted by Gasteiger charge is 2.09. The molecule has 0 atom stereocenters. The van der Waals surface area contributed by atoms with Crippen LogP contribution in [0.4, 0.5) is 16.4 Å². The highest BCUT2D eigenvalue weighted by Crippen LogP contribution is 2.23. The van der Waals surface area contributed by atoms with Crippen molar-refractivity contribution in [3.05, 3.63) is 65.2 Å². The average Bonchev–Trinajstić information content (AvgIpc) is 2.98. The Hall–Kier alpha value is -2.79. The second-order valence-electron chi connectivity index (χ2n) is 5.03. The number of carbonyl (C=O) groups is 1. The molecule has 2 N–H and O–H groups in total. The van der Waals surface area contributed by atoms with Gasteiger partial charge in [-0.15, -0.1) is 0 Å². The Balaban J connectivity index is 1.65. The molecule has 0 aliphatic carbocycles. The Kier molecular flexibility index (Phi) is 4.30. The van der Waals surface area contributed by atoms with E-state index in [0.29, 0.717) is 16.4 Å². The molecule has 1 aromatic heterocycles. The number of benzene rings is 2. The van der Waals surface area contributed by atoms with Gasteiger partial charge in [0, 0.05) is 22.3 Å². The number of nitrogens with zero attached hydrogens (tertiary/aromatic N) is 1. The van der Waals surface area contributed by atoms with E-state index in [0.717, 1.165) is 11.1 Å². The number of amides is 2. The smallest absolute Gasteiger partial charge is 0.326 e. The number of nitrogens with one attached hydrogen (secondary N) is 2. The Morgan fingerprint density at radius 3 is 2.43 bits per heavy atom. The monoisotopic (exact) mass is 327 g/mol. The van der Waals surface area contributed by atoms with Crippen LogP contribution >= 0.6 is 11.6 Å². The molecule has 0 bridgehead atoms. The zero-order chi connectivity index (χ0) is 16.2. The molecule has 3 aromatic rings. The summed E-state index contributed by atoms with van der Waals surface area (Å²) in [6.07, 6.45) is 0. The van der Waals surface area contributed by atoms with E-state index in [-0.39, 0.29) is 5.88 Å². The number of anilines is 2. The second kappa shape index (κ2) is 6.54. The van der Waals surface area contributed by atoms with Crippen molar-refractivity contribution in [1.29, 1.82) is 0 Å². The third-order valence-electron chi connectivity index (χ3n) is 3.20. The van der Waals surface area contributed by atoms with Crippen LogP contribution in [0.3, 0.4) is 0 Å². The van der Waals surface area contributed by atoms with Crippen LogP contribution in [0.25, 0.3) is 11.3 Å². The van der Waals surface area contributed by atoms with E-state index in [1.807, 2.05) is 43.3 Å². The Labute approximate surface area is 138 Å². The molecule has 0 saturated carbocycles. The number of rotatable bonds is 3. The quantitative estimate of drug-likeness (QED) is 0.715. The molecule has 0 aliphatic rings. The number of hydrogen-bond donors (Lipinski definition) is 2. The predicted octanol–water partition coefficient (Wildman–Crippen LogP) is 4.95. The van der Waals surface area contributed by atoms with Gasteiger partial charge in [0.15, 0.2) is 0 Å². The van der Waals surface area contributed by atoms with E-state index in [2.05, 4.69) is 15.8 Å². The van der Waals surface area contributed by atoms with Crippen LogP contribution in [0.1, 0.15) is 5.56 Å². The second-order valence-corrected chi connectivity index (χ2v) is 5.46. The minimum Gasteiger partial charge on any atom is -0.338 e. The number of halogens is 1. The van der Waals surface area contributed by atoms with Crippen molar-refractivity contribution in [2.24, 2.45) is 0 Å². The van der Waals surface area contributed by atoms with Crippen molar-refractivity contribution in [2.75, 3.05) is 10.6 Å².